The van der Waals surface area contributed by atoms with Crippen molar-refractivity contribution in [3.8, 4) is 0 Å². The Kier molecular flexibility index (Phi) is 5.84. The Morgan fingerprint density at radius 2 is 0.900 bits per heavy atom. The molecule has 0 aliphatic heterocycles. The van der Waals surface area contributed by atoms with E-state index in [0.717, 1.165) is 5.92 Å². The van der Waals surface area contributed by atoms with Crippen molar-refractivity contribution in [1.82, 2.24) is 0 Å². The molecule has 0 bridgehead atoms. The van der Waals surface area contributed by atoms with Crippen LogP contribution in [0.4, 0.5) is 0 Å². The summed E-state index contributed by atoms with van der Waals surface area (Å²) < 4.78 is 0. The van der Waals surface area contributed by atoms with Crippen molar-refractivity contribution in [3.63, 3.8) is 0 Å². The monoisotopic (exact) mass is 294 g/mol. The molecule has 0 amide bonds. The molecule has 0 unspecified atom stereocenters. The van der Waals surface area contributed by atoms with Gasteiger partial charge in [0.1, 0.15) is 0 Å². The molecule has 0 N–H and O–H groups in total. The molecular weight excluding hydrogens is 259 g/mol. The van der Waals surface area contributed by atoms with Gasteiger partial charge in [-0.15, -0.1) is 0 Å². The van der Waals surface area contributed by atoms with Gasteiger partial charge in [0.15, 0.2) is 0 Å². The van der Waals surface area contributed by atoms with Gasteiger partial charge >= 0.3 is 0 Å². The van der Waals surface area contributed by atoms with Crippen LogP contribution >= 0.6 is 7.92 Å². The van der Waals surface area contributed by atoms with Crippen LogP contribution in [-0.4, -0.2) is 17.0 Å². The van der Waals surface area contributed by atoms with E-state index in [1.807, 2.05) is 0 Å². The number of hydrogen-bond acceptors (Lipinski definition) is 0. The zero-order valence-electron chi connectivity index (χ0n) is 13.7. The van der Waals surface area contributed by atoms with E-state index in [9.17, 15) is 0 Å². The summed E-state index contributed by atoms with van der Waals surface area (Å²) in [7, 11) is 0.366. The van der Waals surface area contributed by atoms with Gasteiger partial charge in [-0.2, -0.15) is 0 Å². The van der Waals surface area contributed by atoms with Crippen LogP contribution in [0, 0.1) is 5.92 Å². The zero-order chi connectivity index (χ0) is 13.8. The summed E-state index contributed by atoms with van der Waals surface area (Å²) in [6.45, 7) is 2.49. The maximum Gasteiger partial charge on any atom is -0.0204 e. The Labute approximate surface area is 128 Å². The minimum atomic E-state index is 0.366. The first-order valence-electron chi connectivity index (χ1n) is 9.62. The highest BCUT2D eigenvalue weighted by atomic mass is 31.1. The first kappa shape index (κ1) is 15.3. The Morgan fingerprint density at radius 1 is 0.500 bits per heavy atom. The van der Waals surface area contributed by atoms with Crippen LogP contribution in [0.25, 0.3) is 0 Å². The number of hydrogen-bond donors (Lipinski definition) is 0. The van der Waals surface area contributed by atoms with Crippen molar-refractivity contribution in [2.75, 3.05) is 0 Å². The zero-order valence-corrected chi connectivity index (χ0v) is 14.6. The van der Waals surface area contributed by atoms with Crippen molar-refractivity contribution >= 4 is 7.92 Å². The first-order valence-corrected chi connectivity index (χ1v) is 11.2. The molecule has 0 atom stereocenters. The van der Waals surface area contributed by atoms with Crippen molar-refractivity contribution in [2.45, 2.75) is 114 Å². The molecule has 0 saturated heterocycles. The Morgan fingerprint density at radius 3 is 1.35 bits per heavy atom. The molecule has 0 radical (unpaired) electrons. The van der Waals surface area contributed by atoms with E-state index >= 15 is 0 Å². The minimum absolute atomic E-state index is 0.366. The smallest absolute Gasteiger partial charge is 0.0204 e. The second kappa shape index (κ2) is 7.62. The molecule has 3 saturated carbocycles. The fourth-order valence-electron chi connectivity index (χ4n) is 5.19. The minimum Gasteiger partial charge on any atom is -0.0971 e. The molecule has 0 spiro atoms. The van der Waals surface area contributed by atoms with Gasteiger partial charge < -0.3 is 0 Å². The lowest BCUT2D eigenvalue weighted by Gasteiger charge is -2.45. The Bertz CT molecular complexity index is 249. The SMILES string of the molecule is CC1CCC(P(C2CCCCC2)C2CCCCC2)CC1. The molecular formula is C19H35P. The molecule has 3 fully saturated rings. The van der Waals surface area contributed by atoms with Gasteiger partial charge in [-0.25, -0.2) is 0 Å². The average molecular weight is 294 g/mol. The topological polar surface area (TPSA) is 0 Å². The lowest BCUT2D eigenvalue weighted by Crippen LogP contribution is -2.29. The van der Waals surface area contributed by atoms with Crippen LogP contribution in [0.3, 0.4) is 0 Å². The molecule has 0 aromatic carbocycles. The van der Waals surface area contributed by atoms with Gasteiger partial charge in [-0.05, 0) is 61.4 Å². The van der Waals surface area contributed by atoms with Crippen LogP contribution in [0.15, 0.2) is 0 Å². The lowest BCUT2D eigenvalue weighted by molar-refractivity contribution is 0.383. The molecule has 0 nitrogen and oxygen atoms in total. The quantitative estimate of drug-likeness (QED) is 0.507. The second-order valence-corrected chi connectivity index (χ2v) is 11.0. The van der Waals surface area contributed by atoms with E-state index in [4.69, 9.17) is 0 Å². The molecule has 3 aliphatic carbocycles. The summed E-state index contributed by atoms with van der Waals surface area (Å²) in [5.41, 5.74) is 3.54. The summed E-state index contributed by atoms with van der Waals surface area (Å²) in [4.78, 5) is 0. The van der Waals surface area contributed by atoms with Gasteiger partial charge in [0.2, 0.25) is 0 Å². The van der Waals surface area contributed by atoms with Crippen molar-refractivity contribution in [1.29, 1.82) is 0 Å². The molecule has 1 heteroatoms. The van der Waals surface area contributed by atoms with Crippen LogP contribution in [0.2, 0.25) is 0 Å². The van der Waals surface area contributed by atoms with Crippen LogP contribution in [0.1, 0.15) is 96.8 Å². The van der Waals surface area contributed by atoms with Crippen LogP contribution < -0.4 is 0 Å². The maximum atomic E-state index is 2.49. The van der Waals surface area contributed by atoms with Crippen LogP contribution in [0.5, 0.6) is 0 Å². The maximum absolute atomic E-state index is 2.49. The predicted molar refractivity (Wildman–Crippen MR) is 92.1 cm³/mol. The summed E-state index contributed by atoms with van der Waals surface area (Å²) in [5.74, 6) is 1.03. The van der Waals surface area contributed by atoms with E-state index in [2.05, 4.69) is 6.92 Å². The van der Waals surface area contributed by atoms with E-state index in [0.29, 0.717) is 7.92 Å². The average Bonchev–Trinajstić information content (AvgIpc) is 2.52. The molecule has 116 valence electrons. The van der Waals surface area contributed by atoms with Gasteiger partial charge in [-0.1, -0.05) is 66.2 Å². The molecule has 3 rings (SSSR count). The molecule has 3 aliphatic rings. The van der Waals surface area contributed by atoms with Crippen LogP contribution in [-0.2, 0) is 0 Å². The van der Waals surface area contributed by atoms with Gasteiger partial charge in [0.05, 0.1) is 0 Å². The third-order valence-electron chi connectivity index (χ3n) is 6.40. The Hall–Kier alpha value is 0.430. The Balaban J connectivity index is 1.68. The summed E-state index contributed by atoms with van der Waals surface area (Å²) >= 11 is 0. The third-order valence-corrected chi connectivity index (χ3v) is 10.5. The standard InChI is InChI=1S/C19H35P/c1-16-12-14-19(15-13-16)20(17-8-4-2-5-9-17)18-10-6-3-7-11-18/h16-19H,2-15H2,1H3. The van der Waals surface area contributed by atoms with Crippen molar-refractivity contribution < 1.29 is 0 Å². The van der Waals surface area contributed by atoms with Crippen molar-refractivity contribution in [3.05, 3.63) is 0 Å². The highest BCUT2D eigenvalue weighted by molar-refractivity contribution is 7.60. The second-order valence-electron chi connectivity index (χ2n) is 7.94. The molecule has 0 heterocycles. The summed E-state index contributed by atoms with van der Waals surface area (Å²) in [6, 6.07) is 0. The molecule has 0 aromatic rings. The highest BCUT2D eigenvalue weighted by Gasteiger charge is 2.37. The fourth-order valence-corrected chi connectivity index (χ4v) is 9.80. The van der Waals surface area contributed by atoms with E-state index < -0.39 is 0 Å². The van der Waals surface area contributed by atoms with Gasteiger partial charge in [0.25, 0.3) is 0 Å². The number of rotatable bonds is 3. The third kappa shape index (κ3) is 3.79. The lowest BCUT2D eigenvalue weighted by atomic mass is 9.90. The fraction of sp³-hybridized carbons (Fsp3) is 1.00. The highest BCUT2D eigenvalue weighted by Crippen LogP contribution is 2.61. The van der Waals surface area contributed by atoms with Gasteiger partial charge in [0, 0.05) is 0 Å². The molecule has 20 heavy (non-hydrogen) atoms. The summed E-state index contributed by atoms with van der Waals surface area (Å²) in [6.07, 6.45) is 22.0. The normalized spacial score (nSPS) is 34.5. The largest absolute Gasteiger partial charge is 0.0971 e. The van der Waals surface area contributed by atoms with Gasteiger partial charge in [-0.3, -0.25) is 0 Å². The van der Waals surface area contributed by atoms with E-state index in [1.54, 1.807) is 77.0 Å². The van der Waals surface area contributed by atoms with E-state index in [1.165, 1.54) is 29.8 Å². The van der Waals surface area contributed by atoms with Crippen molar-refractivity contribution in [2.24, 2.45) is 5.92 Å². The predicted octanol–water partition coefficient (Wildman–Crippen LogP) is 6.71. The van der Waals surface area contributed by atoms with E-state index in [-0.39, 0.29) is 0 Å². The first-order chi connectivity index (χ1) is 9.84. The summed E-state index contributed by atoms with van der Waals surface area (Å²) in [5, 5.41) is 0. The molecule has 0 aromatic heterocycles.